The number of fused-ring (bicyclic) bond motifs is 1. The van der Waals surface area contributed by atoms with Gasteiger partial charge in [-0.1, -0.05) is 12.2 Å². The lowest BCUT2D eigenvalue weighted by Gasteiger charge is -2.27. The minimum absolute atomic E-state index is 0.205. The van der Waals surface area contributed by atoms with E-state index in [1.807, 2.05) is 23.6 Å². The molecule has 0 spiro atoms. The predicted octanol–water partition coefficient (Wildman–Crippen LogP) is 5.67. The number of halogens is 2. The van der Waals surface area contributed by atoms with Crippen molar-refractivity contribution < 1.29 is 23.0 Å². The number of imidazole rings is 1. The first-order chi connectivity index (χ1) is 19.3. The van der Waals surface area contributed by atoms with Crippen molar-refractivity contribution in [3.8, 4) is 22.9 Å². The van der Waals surface area contributed by atoms with Crippen LogP contribution >= 0.6 is 0 Å². The van der Waals surface area contributed by atoms with Crippen molar-refractivity contribution in [1.29, 1.82) is 0 Å². The van der Waals surface area contributed by atoms with Gasteiger partial charge >= 0.3 is 6.03 Å². The van der Waals surface area contributed by atoms with Crippen LogP contribution in [0, 0.1) is 5.41 Å². The van der Waals surface area contributed by atoms with Crippen LogP contribution < -0.4 is 14.8 Å². The first-order valence-electron chi connectivity index (χ1n) is 13.4. The second-order valence-electron chi connectivity index (χ2n) is 9.94. The second-order valence-corrected chi connectivity index (χ2v) is 9.94. The van der Waals surface area contributed by atoms with Crippen LogP contribution in [-0.2, 0) is 6.54 Å². The average molecular weight is 555 g/mol. The van der Waals surface area contributed by atoms with E-state index < -0.39 is 17.9 Å². The number of rotatable bonds is 15. The lowest BCUT2D eigenvalue weighted by Crippen LogP contribution is -2.45. The molecule has 1 saturated carbocycles. The Morgan fingerprint density at radius 3 is 2.75 bits per heavy atom. The van der Waals surface area contributed by atoms with Gasteiger partial charge in [0.2, 0.25) is 12.1 Å². The summed E-state index contributed by atoms with van der Waals surface area (Å²) in [7, 11) is 1.55. The topological polar surface area (TPSA) is 93.9 Å². The summed E-state index contributed by atoms with van der Waals surface area (Å²) >= 11 is 0. The highest BCUT2D eigenvalue weighted by Gasteiger charge is 2.52. The molecule has 0 aromatic carbocycles. The zero-order valence-corrected chi connectivity index (χ0v) is 23.0. The number of urea groups is 1. The van der Waals surface area contributed by atoms with Gasteiger partial charge in [-0.25, -0.2) is 23.5 Å². The van der Waals surface area contributed by atoms with Crippen LogP contribution in [0.2, 0.25) is 0 Å². The molecule has 0 bridgehead atoms. The fourth-order valence-corrected chi connectivity index (χ4v) is 4.65. The number of hydrogen-bond donors (Lipinski definition) is 1. The van der Waals surface area contributed by atoms with Gasteiger partial charge in [-0.15, -0.1) is 13.2 Å². The maximum Gasteiger partial charge on any atom is 0.317 e. The molecule has 1 aliphatic carbocycles. The van der Waals surface area contributed by atoms with Gasteiger partial charge in [0.1, 0.15) is 5.75 Å². The Hall–Kier alpha value is -4.02. The molecule has 3 aromatic heterocycles. The van der Waals surface area contributed by atoms with Crippen molar-refractivity contribution in [1.82, 2.24) is 29.6 Å². The van der Waals surface area contributed by atoms with Gasteiger partial charge in [-0.05, 0) is 45.1 Å². The van der Waals surface area contributed by atoms with Gasteiger partial charge in [0.15, 0.2) is 0 Å². The zero-order chi connectivity index (χ0) is 28.7. The van der Waals surface area contributed by atoms with E-state index in [1.54, 1.807) is 42.8 Å². The molecule has 1 fully saturated rings. The average Bonchev–Trinajstić information content (AvgIpc) is 3.58. The van der Waals surface area contributed by atoms with Crippen molar-refractivity contribution in [2.75, 3.05) is 20.3 Å². The third-order valence-electron chi connectivity index (χ3n) is 7.13. The number of nitrogens with zero attached hydrogens (tertiary/aromatic N) is 5. The summed E-state index contributed by atoms with van der Waals surface area (Å²) in [5.41, 5.74) is 1.46. The molecule has 4 rings (SSSR count). The Morgan fingerprint density at radius 1 is 1.30 bits per heavy atom. The SMILES string of the molecule is C=CCCOc1nc(-c2cc(CN(CC)C(=O)NC(CC=C)CC3(C(F)F)CC3)ncc2OC)cn2ccnc12. The van der Waals surface area contributed by atoms with Crippen molar-refractivity contribution in [2.45, 2.75) is 58.0 Å². The van der Waals surface area contributed by atoms with E-state index in [1.165, 1.54) is 0 Å². The number of hydrogen-bond acceptors (Lipinski definition) is 6. The quantitative estimate of drug-likeness (QED) is 0.192. The summed E-state index contributed by atoms with van der Waals surface area (Å²) in [4.78, 5) is 28.3. The molecule has 0 radical (unpaired) electrons. The molecule has 3 aromatic rings. The molecular formula is C29H36F2N6O3. The van der Waals surface area contributed by atoms with E-state index in [4.69, 9.17) is 14.5 Å². The number of pyridine rings is 1. The molecule has 2 amide bonds. The van der Waals surface area contributed by atoms with Gasteiger partial charge < -0.3 is 24.1 Å². The molecule has 9 nitrogen and oxygen atoms in total. The van der Waals surface area contributed by atoms with Crippen LogP contribution in [0.25, 0.3) is 16.9 Å². The highest BCUT2D eigenvalue weighted by Crippen LogP contribution is 2.54. The van der Waals surface area contributed by atoms with Crippen LogP contribution in [0.3, 0.4) is 0 Å². The number of nitrogens with one attached hydrogen (secondary N) is 1. The molecular weight excluding hydrogens is 518 g/mol. The van der Waals surface area contributed by atoms with Gasteiger partial charge in [0.05, 0.1) is 37.8 Å². The third kappa shape index (κ3) is 6.57. The van der Waals surface area contributed by atoms with Crippen LogP contribution in [0.5, 0.6) is 11.6 Å². The Bertz CT molecular complexity index is 1340. The van der Waals surface area contributed by atoms with E-state index in [0.29, 0.717) is 73.1 Å². The summed E-state index contributed by atoms with van der Waals surface area (Å²) in [5.74, 6) is 0.887. The standard InChI is InChI=1S/C29H36F2N6O3/c1-5-8-14-40-26-25-32-12-13-37(25)19-23(35-26)22-15-21(33-17-24(22)39-4)18-36(7-3)28(38)34-20(9-6-2)16-29(10-11-29)27(30)31/h5-6,12-13,15,17,19-20,27H,1-2,7-11,14,16,18H2,3-4H3,(H,34,38). The molecule has 0 saturated heterocycles. The lowest BCUT2D eigenvalue weighted by molar-refractivity contribution is 0.0502. The minimum atomic E-state index is -2.40. The van der Waals surface area contributed by atoms with Crippen molar-refractivity contribution in [3.63, 3.8) is 0 Å². The lowest BCUT2D eigenvalue weighted by atomic mass is 9.95. The maximum atomic E-state index is 13.5. The maximum absolute atomic E-state index is 13.5. The smallest absolute Gasteiger partial charge is 0.317 e. The molecule has 1 atom stereocenters. The Labute approximate surface area is 232 Å². The van der Waals surface area contributed by atoms with Crippen LogP contribution in [0.4, 0.5) is 13.6 Å². The van der Waals surface area contributed by atoms with Gasteiger partial charge in [0, 0.05) is 42.2 Å². The summed E-state index contributed by atoms with van der Waals surface area (Å²) in [6, 6.07) is 1.07. The van der Waals surface area contributed by atoms with Crippen LogP contribution in [0.1, 0.15) is 44.7 Å². The summed E-state index contributed by atoms with van der Waals surface area (Å²) in [6.45, 7) is 10.3. The predicted molar refractivity (Wildman–Crippen MR) is 149 cm³/mol. The molecule has 0 aliphatic heterocycles. The van der Waals surface area contributed by atoms with Gasteiger partial charge in [0.25, 0.3) is 5.88 Å². The number of methoxy groups -OCH3 is 1. The first-order valence-corrected chi connectivity index (χ1v) is 13.4. The molecule has 1 N–H and O–H groups in total. The van der Waals surface area contributed by atoms with E-state index in [9.17, 15) is 13.6 Å². The van der Waals surface area contributed by atoms with Gasteiger partial charge in [-0.3, -0.25) is 4.98 Å². The number of alkyl halides is 2. The zero-order valence-electron chi connectivity index (χ0n) is 23.0. The summed E-state index contributed by atoms with van der Waals surface area (Å²) in [5, 5.41) is 2.94. The van der Waals surface area contributed by atoms with Crippen LogP contribution in [0.15, 0.2) is 56.2 Å². The molecule has 3 heterocycles. The molecule has 214 valence electrons. The largest absolute Gasteiger partial charge is 0.494 e. The van der Waals surface area contributed by atoms with Crippen LogP contribution in [-0.4, -0.2) is 63.0 Å². The first kappa shape index (κ1) is 29.0. The molecule has 40 heavy (non-hydrogen) atoms. The van der Waals surface area contributed by atoms with E-state index in [0.717, 1.165) is 0 Å². The van der Waals surface area contributed by atoms with Crippen molar-refractivity contribution >= 4 is 11.7 Å². The normalized spacial score (nSPS) is 14.5. The number of carbonyl (C=O) groups excluding carboxylic acids is 1. The number of carbonyl (C=O) groups is 1. The highest BCUT2D eigenvalue weighted by atomic mass is 19.3. The molecule has 1 aliphatic rings. The Morgan fingerprint density at radius 2 is 2.10 bits per heavy atom. The number of amides is 2. The van der Waals surface area contributed by atoms with E-state index in [-0.39, 0.29) is 19.0 Å². The van der Waals surface area contributed by atoms with Crippen molar-refractivity contribution in [2.24, 2.45) is 5.41 Å². The second kappa shape index (κ2) is 12.9. The summed E-state index contributed by atoms with van der Waals surface area (Å²) < 4.78 is 40.4. The fraction of sp³-hybridized carbons (Fsp3) is 0.448. The van der Waals surface area contributed by atoms with E-state index in [2.05, 4.69) is 28.4 Å². The number of aromatic nitrogens is 4. The number of ether oxygens (including phenoxy) is 2. The van der Waals surface area contributed by atoms with Gasteiger partial charge in [-0.2, -0.15) is 0 Å². The minimum Gasteiger partial charge on any atom is -0.494 e. The molecule has 1 unspecified atom stereocenters. The Balaban J connectivity index is 1.55. The van der Waals surface area contributed by atoms with E-state index >= 15 is 0 Å². The Kier molecular flexibility index (Phi) is 9.34. The van der Waals surface area contributed by atoms with Crippen molar-refractivity contribution in [3.05, 3.63) is 61.9 Å². The third-order valence-corrected chi connectivity index (χ3v) is 7.13. The summed E-state index contributed by atoms with van der Waals surface area (Å²) in [6.07, 6.45) is 10.2. The molecule has 11 heteroatoms. The fourth-order valence-electron chi connectivity index (χ4n) is 4.65. The highest BCUT2D eigenvalue weighted by molar-refractivity contribution is 5.75. The monoisotopic (exact) mass is 554 g/mol.